The fourth-order valence-corrected chi connectivity index (χ4v) is 1.71. The van der Waals surface area contributed by atoms with E-state index in [1.54, 1.807) is 0 Å². The van der Waals surface area contributed by atoms with Gasteiger partial charge in [-0.15, -0.1) is 0 Å². The number of halogens is 7. The van der Waals surface area contributed by atoms with Crippen LogP contribution >= 0.6 is 11.6 Å². The second-order valence-corrected chi connectivity index (χ2v) is 3.77. The van der Waals surface area contributed by atoms with Crippen LogP contribution in [0.4, 0.5) is 26.3 Å². The number of hydrogen-bond donors (Lipinski definition) is 1. The number of aromatic nitrogens is 2. The topological polar surface area (TPSA) is 28.7 Å². The Bertz CT molecular complexity index is 546. The zero-order chi connectivity index (χ0) is 13.7. The first-order chi connectivity index (χ1) is 8.10. The lowest BCUT2D eigenvalue weighted by atomic mass is 10.1. The van der Waals surface area contributed by atoms with Gasteiger partial charge in [0, 0.05) is 0 Å². The third-order valence-corrected chi connectivity index (χ3v) is 2.41. The third kappa shape index (κ3) is 2.12. The van der Waals surface area contributed by atoms with Crippen molar-refractivity contribution in [3.8, 4) is 0 Å². The third-order valence-electron chi connectivity index (χ3n) is 2.23. The van der Waals surface area contributed by atoms with E-state index in [4.69, 9.17) is 11.6 Å². The van der Waals surface area contributed by atoms with Gasteiger partial charge in [-0.25, -0.2) is 4.98 Å². The summed E-state index contributed by atoms with van der Waals surface area (Å²) in [5, 5.41) is -0.535. The van der Waals surface area contributed by atoms with Gasteiger partial charge in [-0.2, -0.15) is 26.3 Å². The maximum atomic E-state index is 12.6. The summed E-state index contributed by atoms with van der Waals surface area (Å²) in [4.78, 5) is 5.22. The van der Waals surface area contributed by atoms with Gasteiger partial charge in [-0.3, -0.25) is 0 Å². The molecule has 0 bridgehead atoms. The van der Waals surface area contributed by atoms with Crippen molar-refractivity contribution in [3.63, 3.8) is 0 Å². The first-order valence-corrected chi connectivity index (χ1v) is 4.81. The first-order valence-electron chi connectivity index (χ1n) is 4.43. The van der Waals surface area contributed by atoms with E-state index in [2.05, 4.69) is 4.98 Å². The molecule has 0 atom stereocenters. The number of rotatable bonds is 0. The Morgan fingerprint density at radius 2 is 1.44 bits per heavy atom. The molecule has 0 aliphatic carbocycles. The van der Waals surface area contributed by atoms with Gasteiger partial charge in [-0.1, -0.05) is 0 Å². The molecule has 0 saturated carbocycles. The highest BCUT2D eigenvalue weighted by molar-refractivity contribution is 6.29. The Balaban J connectivity index is 2.83. The number of fused-ring (bicyclic) bond motifs is 1. The van der Waals surface area contributed by atoms with Gasteiger partial charge in [0.05, 0.1) is 16.6 Å². The van der Waals surface area contributed by atoms with Crippen molar-refractivity contribution in [3.05, 3.63) is 28.5 Å². The van der Waals surface area contributed by atoms with Gasteiger partial charge in [0.25, 0.3) is 0 Å². The smallest absolute Gasteiger partial charge is 0.328 e. The second-order valence-electron chi connectivity index (χ2n) is 3.41. The lowest BCUT2D eigenvalue weighted by Crippen LogP contribution is -2.10. The van der Waals surface area contributed by atoms with Gasteiger partial charge in [0.2, 0.25) is 5.28 Å². The highest BCUT2D eigenvalue weighted by Crippen LogP contribution is 2.40. The molecule has 1 aromatic carbocycles. The molecule has 0 aliphatic rings. The van der Waals surface area contributed by atoms with Crippen LogP contribution in [0.5, 0.6) is 0 Å². The van der Waals surface area contributed by atoms with E-state index in [0.29, 0.717) is 12.1 Å². The number of benzene rings is 1. The van der Waals surface area contributed by atoms with Crippen molar-refractivity contribution < 1.29 is 26.3 Å². The molecule has 2 aromatic rings. The summed E-state index contributed by atoms with van der Waals surface area (Å²) in [5.41, 5.74) is -4.14. The first kappa shape index (κ1) is 13.0. The molecule has 0 radical (unpaired) electrons. The summed E-state index contributed by atoms with van der Waals surface area (Å²) >= 11 is 5.33. The van der Waals surface area contributed by atoms with Crippen molar-refractivity contribution in [2.75, 3.05) is 0 Å². The zero-order valence-electron chi connectivity index (χ0n) is 8.25. The molecule has 0 fully saturated rings. The Hall–Kier alpha value is -1.44. The summed E-state index contributed by atoms with van der Waals surface area (Å²) in [7, 11) is 0. The monoisotopic (exact) mass is 288 g/mol. The van der Waals surface area contributed by atoms with Crippen LogP contribution in [0.15, 0.2) is 12.1 Å². The van der Waals surface area contributed by atoms with Crippen molar-refractivity contribution in [1.82, 2.24) is 9.97 Å². The number of aromatic amines is 1. The van der Waals surface area contributed by atoms with Gasteiger partial charge >= 0.3 is 12.4 Å². The number of imidazole rings is 1. The SMILES string of the molecule is FC(F)(F)c1ccc(C(F)(F)F)c2[nH]c(Cl)nc12. The van der Waals surface area contributed by atoms with Crippen LogP contribution < -0.4 is 0 Å². The molecular formula is C9H3ClF6N2. The lowest BCUT2D eigenvalue weighted by molar-refractivity contribution is -0.139. The summed E-state index contributed by atoms with van der Waals surface area (Å²) in [5.74, 6) is 0. The molecule has 0 unspecified atom stereocenters. The minimum absolute atomic E-state index is 0.336. The molecule has 0 saturated heterocycles. The molecule has 0 amide bonds. The lowest BCUT2D eigenvalue weighted by Gasteiger charge is -2.11. The van der Waals surface area contributed by atoms with Crippen LogP contribution in [0.1, 0.15) is 11.1 Å². The van der Waals surface area contributed by atoms with E-state index in [0.717, 1.165) is 0 Å². The fraction of sp³-hybridized carbons (Fsp3) is 0.222. The summed E-state index contributed by atoms with van der Waals surface area (Å²) in [6.07, 6.45) is -9.60. The number of hydrogen-bond acceptors (Lipinski definition) is 1. The van der Waals surface area contributed by atoms with Crippen LogP contribution in [0.2, 0.25) is 5.28 Å². The van der Waals surface area contributed by atoms with Crippen molar-refractivity contribution in [1.29, 1.82) is 0 Å². The highest BCUT2D eigenvalue weighted by atomic mass is 35.5. The molecule has 2 nitrogen and oxygen atoms in total. The Morgan fingerprint density at radius 1 is 0.944 bits per heavy atom. The molecule has 1 heterocycles. The standard InChI is InChI=1S/C9H3ClF6N2/c10-7-17-5-3(8(11,12)13)1-2-4(6(5)18-7)9(14,15)16/h1-2H,(H,17,18). The van der Waals surface area contributed by atoms with Gasteiger partial charge in [-0.05, 0) is 23.7 Å². The quantitative estimate of drug-likeness (QED) is 0.721. The normalized spacial score (nSPS) is 13.3. The largest absolute Gasteiger partial charge is 0.418 e. The molecular weight excluding hydrogens is 286 g/mol. The Morgan fingerprint density at radius 3 is 1.94 bits per heavy atom. The van der Waals surface area contributed by atoms with E-state index in [1.807, 2.05) is 4.98 Å². The molecule has 1 N–H and O–H groups in total. The molecule has 98 valence electrons. The predicted octanol–water partition coefficient (Wildman–Crippen LogP) is 4.25. The van der Waals surface area contributed by atoms with E-state index in [9.17, 15) is 26.3 Å². The van der Waals surface area contributed by atoms with E-state index < -0.39 is 39.8 Å². The summed E-state index contributed by atoms with van der Waals surface area (Å²) in [6, 6.07) is 0.683. The fourth-order valence-electron chi connectivity index (χ4n) is 1.53. The molecule has 0 spiro atoms. The van der Waals surface area contributed by atoms with Gasteiger partial charge in [0.15, 0.2) is 0 Å². The molecule has 18 heavy (non-hydrogen) atoms. The molecule has 0 aliphatic heterocycles. The average molecular weight is 289 g/mol. The number of nitrogens with one attached hydrogen (secondary N) is 1. The van der Waals surface area contributed by atoms with Gasteiger partial charge in [0.1, 0.15) is 5.52 Å². The minimum Gasteiger partial charge on any atom is -0.328 e. The summed E-state index contributed by atoms with van der Waals surface area (Å²) in [6.45, 7) is 0. The molecule has 1 aromatic heterocycles. The number of nitrogens with zero attached hydrogens (tertiary/aromatic N) is 1. The highest BCUT2D eigenvalue weighted by Gasteiger charge is 2.39. The molecule has 2 rings (SSSR count). The Labute approximate surface area is 101 Å². The second kappa shape index (κ2) is 3.78. The average Bonchev–Trinajstić information content (AvgIpc) is 2.53. The van der Waals surface area contributed by atoms with Gasteiger partial charge < -0.3 is 4.98 Å². The van der Waals surface area contributed by atoms with Crippen LogP contribution in [0.3, 0.4) is 0 Å². The predicted molar refractivity (Wildman–Crippen MR) is 51.1 cm³/mol. The molecule has 9 heteroatoms. The van der Waals surface area contributed by atoms with Crippen LogP contribution in [0, 0.1) is 0 Å². The Kier molecular flexibility index (Phi) is 2.73. The number of alkyl halides is 6. The van der Waals surface area contributed by atoms with Crippen LogP contribution in [0.25, 0.3) is 11.0 Å². The van der Waals surface area contributed by atoms with E-state index >= 15 is 0 Å². The van der Waals surface area contributed by atoms with E-state index in [-0.39, 0.29) is 0 Å². The van der Waals surface area contributed by atoms with Crippen molar-refractivity contribution in [2.45, 2.75) is 12.4 Å². The van der Waals surface area contributed by atoms with Crippen LogP contribution in [-0.4, -0.2) is 9.97 Å². The number of H-pyrrole nitrogens is 1. The van der Waals surface area contributed by atoms with Crippen molar-refractivity contribution >= 4 is 22.6 Å². The maximum absolute atomic E-state index is 12.6. The van der Waals surface area contributed by atoms with E-state index in [1.165, 1.54) is 0 Å². The maximum Gasteiger partial charge on any atom is 0.418 e. The minimum atomic E-state index is -4.80. The van der Waals surface area contributed by atoms with Crippen LogP contribution in [-0.2, 0) is 12.4 Å². The zero-order valence-corrected chi connectivity index (χ0v) is 9.00. The summed E-state index contributed by atoms with van der Waals surface area (Å²) < 4.78 is 75.5. The van der Waals surface area contributed by atoms with Crippen molar-refractivity contribution in [2.24, 2.45) is 0 Å².